The summed E-state index contributed by atoms with van der Waals surface area (Å²) in [6, 6.07) is 19.7. The van der Waals surface area contributed by atoms with Gasteiger partial charge in [0, 0.05) is 0 Å². The Bertz CT molecular complexity index is 892. The second-order valence-corrected chi connectivity index (χ2v) is 6.79. The van der Waals surface area contributed by atoms with Crippen LogP contribution in [0.25, 0.3) is 0 Å². The van der Waals surface area contributed by atoms with E-state index in [-0.39, 0.29) is 0 Å². The fraction of sp³-hybridized carbons (Fsp3) is 0.200. The average molecular weight is 406 g/mol. The van der Waals surface area contributed by atoms with Crippen molar-refractivity contribution in [3.05, 3.63) is 102 Å². The lowest BCUT2D eigenvalue weighted by molar-refractivity contribution is 0.212. The molecule has 156 valence electrons. The van der Waals surface area contributed by atoms with Crippen molar-refractivity contribution in [1.82, 2.24) is 0 Å². The number of ether oxygens (including phenoxy) is 3. The van der Waals surface area contributed by atoms with Gasteiger partial charge >= 0.3 is 0 Å². The first-order valence-electron chi connectivity index (χ1n) is 9.58. The van der Waals surface area contributed by atoms with Crippen LogP contribution in [0, 0.1) is 0 Å². The van der Waals surface area contributed by atoms with Crippen molar-refractivity contribution in [3.8, 4) is 17.2 Å². The van der Waals surface area contributed by atoms with E-state index in [0.717, 1.165) is 0 Å². The van der Waals surface area contributed by atoms with Gasteiger partial charge in [-0.15, -0.1) is 0 Å². The Balaban J connectivity index is 1.96. The van der Waals surface area contributed by atoms with E-state index in [2.05, 4.69) is 6.58 Å². The number of rotatable bonds is 9. The quantitative estimate of drug-likeness (QED) is 0.515. The van der Waals surface area contributed by atoms with E-state index >= 15 is 0 Å². The molecule has 3 rings (SSSR count). The summed E-state index contributed by atoms with van der Waals surface area (Å²) in [5.74, 6) is 1.97. The van der Waals surface area contributed by atoms with Gasteiger partial charge in [-0.2, -0.15) is 0 Å². The summed E-state index contributed by atoms with van der Waals surface area (Å²) in [6.45, 7) is 3.99. The Hall–Kier alpha value is -3.28. The molecule has 0 aliphatic heterocycles. The molecule has 3 aromatic rings. The molecule has 0 saturated carbocycles. The zero-order valence-electron chi connectivity index (χ0n) is 17.1. The number of hydrogen-bond acceptors (Lipinski definition) is 5. The van der Waals surface area contributed by atoms with Crippen LogP contribution in [0.2, 0.25) is 0 Å². The standard InChI is InChI=1S/C25H26O5/c1-4-13-30-23-15-19(24(26)17-5-9-21(28-2)10-6-17)14-20(16-23)25(27)18-7-11-22(29-3)12-8-18/h4-12,14-16,24-27H,1,13H2,2-3H3. The van der Waals surface area contributed by atoms with Gasteiger partial charge in [0.15, 0.2) is 0 Å². The predicted molar refractivity (Wildman–Crippen MR) is 116 cm³/mol. The Labute approximate surface area is 176 Å². The van der Waals surface area contributed by atoms with Gasteiger partial charge in [-0.25, -0.2) is 0 Å². The van der Waals surface area contributed by atoms with Crippen LogP contribution >= 0.6 is 0 Å². The van der Waals surface area contributed by atoms with E-state index in [9.17, 15) is 10.2 Å². The molecule has 0 bridgehead atoms. The van der Waals surface area contributed by atoms with Crippen LogP contribution in [0.1, 0.15) is 34.5 Å². The SMILES string of the molecule is C=CCOc1cc(C(O)c2ccc(OC)cc2)cc(C(O)c2ccc(OC)cc2)c1. The van der Waals surface area contributed by atoms with Gasteiger partial charge in [0.05, 0.1) is 14.2 Å². The average Bonchev–Trinajstić information content (AvgIpc) is 2.81. The fourth-order valence-electron chi connectivity index (χ4n) is 3.16. The summed E-state index contributed by atoms with van der Waals surface area (Å²) in [5, 5.41) is 21.9. The van der Waals surface area contributed by atoms with Crippen LogP contribution in [0.15, 0.2) is 79.4 Å². The number of aliphatic hydroxyl groups excluding tert-OH is 2. The maximum atomic E-state index is 10.9. The maximum Gasteiger partial charge on any atom is 0.120 e. The molecular formula is C25H26O5. The first-order chi connectivity index (χ1) is 14.5. The topological polar surface area (TPSA) is 68.2 Å². The van der Waals surface area contributed by atoms with E-state index in [1.54, 1.807) is 87.0 Å². The van der Waals surface area contributed by atoms with Crippen LogP contribution in [-0.4, -0.2) is 31.0 Å². The molecule has 0 aliphatic rings. The molecule has 0 aromatic heterocycles. The smallest absolute Gasteiger partial charge is 0.120 e. The molecule has 0 saturated heterocycles. The van der Waals surface area contributed by atoms with Crippen LogP contribution in [0.3, 0.4) is 0 Å². The van der Waals surface area contributed by atoms with E-state index in [1.165, 1.54) is 0 Å². The van der Waals surface area contributed by atoms with Crippen molar-refractivity contribution in [2.45, 2.75) is 12.2 Å². The van der Waals surface area contributed by atoms with Crippen molar-refractivity contribution in [1.29, 1.82) is 0 Å². The van der Waals surface area contributed by atoms with Crippen LogP contribution in [0.4, 0.5) is 0 Å². The molecule has 0 aliphatic carbocycles. The lowest BCUT2D eigenvalue weighted by atomic mass is 9.95. The first kappa shape index (κ1) is 21.4. The summed E-state index contributed by atoms with van der Waals surface area (Å²) >= 11 is 0. The molecule has 30 heavy (non-hydrogen) atoms. The van der Waals surface area contributed by atoms with E-state index in [4.69, 9.17) is 14.2 Å². The first-order valence-corrected chi connectivity index (χ1v) is 9.58. The minimum atomic E-state index is -0.884. The molecular weight excluding hydrogens is 380 g/mol. The molecule has 0 radical (unpaired) electrons. The van der Waals surface area contributed by atoms with Crippen molar-refractivity contribution in [2.75, 3.05) is 20.8 Å². The summed E-state index contributed by atoms with van der Waals surface area (Å²) in [7, 11) is 3.19. The summed E-state index contributed by atoms with van der Waals surface area (Å²) < 4.78 is 16.1. The molecule has 5 heteroatoms. The normalized spacial score (nSPS) is 12.7. The highest BCUT2D eigenvalue weighted by atomic mass is 16.5. The highest BCUT2D eigenvalue weighted by molar-refractivity contribution is 5.44. The summed E-state index contributed by atoms with van der Waals surface area (Å²) in [6.07, 6.45) is -0.124. The molecule has 2 unspecified atom stereocenters. The molecule has 0 amide bonds. The van der Waals surface area contributed by atoms with Gasteiger partial charge in [-0.05, 0) is 64.7 Å². The summed E-state index contributed by atoms with van der Waals surface area (Å²) in [5.41, 5.74) is 2.65. The minimum Gasteiger partial charge on any atom is -0.497 e. The third-order valence-electron chi connectivity index (χ3n) is 4.81. The van der Waals surface area contributed by atoms with Crippen molar-refractivity contribution in [2.24, 2.45) is 0 Å². The Morgan fingerprint density at radius 3 is 1.50 bits per heavy atom. The molecule has 3 aromatic carbocycles. The van der Waals surface area contributed by atoms with Crippen LogP contribution in [-0.2, 0) is 0 Å². The molecule has 5 nitrogen and oxygen atoms in total. The largest absolute Gasteiger partial charge is 0.497 e. The lowest BCUT2D eigenvalue weighted by Gasteiger charge is -2.18. The highest BCUT2D eigenvalue weighted by Gasteiger charge is 2.18. The van der Waals surface area contributed by atoms with E-state index in [1.807, 2.05) is 0 Å². The number of hydrogen-bond donors (Lipinski definition) is 2. The van der Waals surface area contributed by atoms with Gasteiger partial charge in [0.1, 0.15) is 36.1 Å². The highest BCUT2D eigenvalue weighted by Crippen LogP contribution is 2.32. The number of benzene rings is 3. The van der Waals surface area contributed by atoms with Gasteiger partial charge in [-0.1, -0.05) is 36.9 Å². The van der Waals surface area contributed by atoms with Crippen molar-refractivity contribution in [3.63, 3.8) is 0 Å². The van der Waals surface area contributed by atoms with Gasteiger partial charge in [-0.3, -0.25) is 0 Å². The van der Waals surface area contributed by atoms with Gasteiger partial charge < -0.3 is 24.4 Å². The third kappa shape index (κ3) is 5.00. The maximum absolute atomic E-state index is 10.9. The molecule has 2 atom stereocenters. The molecule has 2 N–H and O–H groups in total. The third-order valence-corrected chi connectivity index (χ3v) is 4.81. The Morgan fingerprint density at radius 2 is 1.13 bits per heavy atom. The molecule has 0 heterocycles. The predicted octanol–water partition coefficient (Wildman–Crippen LogP) is 4.43. The Morgan fingerprint density at radius 1 is 0.700 bits per heavy atom. The van der Waals surface area contributed by atoms with Gasteiger partial charge in [0.25, 0.3) is 0 Å². The zero-order chi connectivity index (χ0) is 21.5. The lowest BCUT2D eigenvalue weighted by Crippen LogP contribution is -2.06. The summed E-state index contributed by atoms with van der Waals surface area (Å²) in [4.78, 5) is 0. The van der Waals surface area contributed by atoms with Crippen molar-refractivity contribution < 1.29 is 24.4 Å². The second kappa shape index (κ2) is 9.96. The Kier molecular flexibility index (Phi) is 7.12. The number of methoxy groups -OCH3 is 2. The van der Waals surface area contributed by atoms with E-state index < -0.39 is 12.2 Å². The van der Waals surface area contributed by atoms with Crippen LogP contribution in [0.5, 0.6) is 17.2 Å². The van der Waals surface area contributed by atoms with Crippen molar-refractivity contribution >= 4 is 0 Å². The number of aliphatic hydroxyl groups is 2. The monoisotopic (exact) mass is 406 g/mol. The van der Waals surface area contributed by atoms with Gasteiger partial charge in [0.2, 0.25) is 0 Å². The second-order valence-electron chi connectivity index (χ2n) is 6.79. The zero-order valence-corrected chi connectivity index (χ0v) is 17.1. The fourth-order valence-corrected chi connectivity index (χ4v) is 3.16. The molecule has 0 fully saturated rings. The van der Waals surface area contributed by atoms with E-state index in [0.29, 0.717) is 46.1 Å². The van der Waals surface area contributed by atoms with Crippen LogP contribution < -0.4 is 14.2 Å². The minimum absolute atomic E-state index is 0.320. The molecule has 0 spiro atoms.